The summed E-state index contributed by atoms with van der Waals surface area (Å²) in [6, 6.07) is 4.46. The first-order valence-electron chi connectivity index (χ1n) is 12.2. The molecule has 1 aliphatic carbocycles. The molecule has 0 radical (unpaired) electrons. The Labute approximate surface area is 196 Å². The molecular weight excluding hydrogens is 422 g/mol. The van der Waals surface area contributed by atoms with Gasteiger partial charge in [0, 0.05) is 29.7 Å². The number of nitrogens with one attached hydrogen (secondary N) is 2. The van der Waals surface area contributed by atoms with Crippen molar-refractivity contribution in [1.82, 2.24) is 15.5 Å². The van der Waals surface area contributed by atoms with Gasteiger partial charge in [-0.2, -0.15) is 0 Å². The number of piperidine rings is 2. The summed E-state index contributed by atoms with van der Waals surface area (Å²) in [6.45, 7) is 0.472. The Morgan fingerprint density at radius 1 is 0.848 bits per heavy atom. The molecule has 8 nitrogen and oxygen atoms in total. The Morgan fingerprint density at radius 3 is 2.00 bits per heavy atom. The molecule has 33 heavy (non-hydrogen) atoms. The van der Waals surface area contributed by atoms with Crippen molar-refractivity contribution in [2.45, 2.75) is 82.0 Å². The molecule has 2 unspecified atom stereocenters. The van der Waals surface area contributed by atoms with Gasteiger partial charge in [0.15, 0.2) is 11.5 Å². The van der Waals surface area contributed by atoms with Gasteiger partial charge >= 0.3 is 0 Å². The van der Waals surface area contributed by atoms with E-state index in [9.17, 15) is 9.59 Å². The molecule has 1 aromatic rings. The van der Waals surface area contributed by atoms with Crippen LogP contribution in [0, 0.1) is 0 Å². The number of carbonyl (C=O) groups is 2. The highest BCUT2D eigenvalue weighted by atomic mass is 16.5. The van der Waals surface area contributed by atoms with Crippen LogP contribution >= 0.6 is 0 Å². The van der Waals surface area contributed by atoms with Crippen LogP contribution in [0.5, 0.6) is 17.2 Å². The SMILES string of the molecule is COc1cc(C(=O)NC2CC3CCCC(C2)N3CC(=O)NC2CCCC2)cc(OC)c1OC. The Morgan fingerprint density at radius 2 is 1.45 bits per heavy atom. The molecule has 2 bridgehead atoms. The van der Waals surface area contributed by atoms with E-state index < -0.39 is 0 Å². The van der Waals surface area contributed by atoms with Crippen molar-refractivity contribution in [2.24, 2.45) is 0 Å². The molecule has 4 rings (SSSR count). The van der Waals surface area contributed by atoms with Crippen LogP contribution in [0.15, 0.2) is 12.1 Å². The monoisotopic (exact) mass is 459 g/mol. The fourth-order valence-electron chi connectivity index (χ4n) is 5.84. The fourth-order valence-corrected chi connectivity index (χ4v) is 5.84. The molecule has 2 saturated heterocycles. The predicted octanol–water partition coefficient (Wildman–Crippen LogP) is 2.89. The topological polar surface area (TPSA) is 89.1 Å². The van der Waals surface area contributed by atoms with Crippen molar-refractivity contribution in [3.63, 3.8) is 0 Å². The second-order valence-electron chi connectivity index (χ2n) is 9.52. The average molecular weight is 460 g/mol. The molecule has 2 N–H and O–H groups in total. The van der Waals surface area contributed by atoms with Crippen molar-refractivity contribution in [3.05, 3.63) is 17.7 Å². The highest BCUT2D eigenvalue weighted by Crippen LogP contribution is 2.38. The van der Waals surface area contributed by atoms with E-state index in [2.05, 4.69) is 15.5 Å². The third kappa shape index (κ3) is 5.37. The van der Waals surface area contributed by atoms with Crippen LogP contribution < -0.4 is 24.8 Å². The van der Waals surface area contributed by atoms with E-state index in [1.165, 1.54) is 19.3 Å². The van der Waals surface area contributed by atoms with Crippen LogP contribution in [-0.4, -0.2) is 68.8 Å². The minimum atomic E-state index is -0.148. The summed E-state index contributed by atoms with van der Waals surface area (Å²) in [5.41, 5.74) is 0.480. The van der Waals surface area contributed by atoms with Crippen molar-refractivity contribution in [3.8, 4) is 17.2 Å². The molecule has 0 spiro atoms. The number of carbonyl (C=O) groups excluding carboxylic acids is 2. The molecular formula is C25H37N3O5. The number of hydrogen-bond donors (Lipinski definition) is 2. The van der Waals surface area contributed by atoms with Crippen LogP contribution in [0.1, 0.15) is 68.1 Å². The summed E-state index contributed by atoms with van der Waals surface area (Å²) >= 11 is 0. The summed E-state index contributed by atoms with van der Waals surface area (Å²) < 4.78 is 16.1. The molecule has 2 aliphatic heterocycles. The molecule has 0 aromatic heterocycles. The van der Waals surface area contributed by atoms with Gasteiger partial charge in [-0.05, 0) is 50.7 Å². The van der Waals surface area contributed by atoms with Gasteiger partial charge in [0.1, 0.15) is 0 Å². The Hall–Kier alpha value is -2.48. The van der Waals surface area contributed by atoms with Crippen LogP contribution in [0.2, 0.25) is 0 Å². The molecule has 3 aliphatic rings. The summed E-state index contributed by atoms with van der Waals surface area (Å²) in [7, 11) is 4.62. The zero-order valence-electron chi connectivity index (χ0n) is 20.0. The number of fused-ring (bicyclic) bond motifs is 2. The van der Waals surface area contributed by atoms with Crippen molar-refractivity contribution in [2.75, 3.05) is 27.9 Å². The molecule has 2 atom stereocenters. The largest absolute Gasteiger partial charge is 0.493 e. The van der Waals surface area contributed by atoms with E-state index in [4.69, 9.17) is 14.2 Å². The Bertz CT molecular complexity index is 815. The molecule has 1 saturated carbocycles. The lowest BCUT2D eigenvalue weighted by Crippen LogP contribution is -2.59. The van der Waals surface area contributed by atoms with Crippen molar-refractivity contribution in [1.29, 1.82) is 0 Å². The van der Waals surface area contributed by atoms with E-state index in [0.29, 0.717) is 47.5 Å². The lowest BCUT2D eigenvalue weighted by Gasteiger charge is -2.48. The zero-order valence-corrected chi connectivity index (χ0v) is 20.0. The summed E-state index contributed by atoms with van der Waals surface area (Å²) in [5, 5.41) is 6.45. The molecule has 2 heterocycles. The summed E-state index contributed by atoms with van der Waals surface area (Å²) in [5.74, 6) is 1.39. The van der Waals surface area contributed by atoms with Gasteiger partial charge in [-0.3, -0.25) is 14.5 Å². The maximum atomic E-state index is 13.1. The normalized spacial score (nSPS) is 25.4. The third-order valence-electron chi connectivity index (χ3n) is 7.43. The maximum absolute atomic E-state index is 13.1. The smallest absolute Gasteiger partial charge is 0.251 e. The summed E-state index contributed by atoms with van der Waals surface area (Å²) in [6.07, 6.45) is 9.70. The molecule has 1 aromatic carbocycles. The number of benzene rings is 1. The van der Waals surface area contributed by atoms with Crippen molar-refractivity contribution >= 4 is 11.8 Å². The van der Waals surface area contributed by atoms with Gasteiger partial charge in [0.2, 0.25) is 11.7 Å². The number of rotatable bonds is 8. The molecule has 8 heteroatoms. The maximum Gasteiger partial charge on any atom is 0.251 e. The predicted molar refractivity (Wildman–Crippen MR) is 125 cm³/mol. The van der Waals surface area contributed by atoms with Gasteiger partial charge < -0.3 is 24.8 Å². The summed E-state index contributed by atoms with van der Waals surface area (Å²) in [4.78, 5) is 28.1. The van der Waals surface area contributed by atoms with Gasteiger partial charge in [0.25, 0.3) is 5.91 Å². The van der Waals surface area contributed by atoms with Crippen LogP contribution in [0.25, 0.3) is 0 Å². The van der Waals surface area contributed by atoms with Gasteiger partial charge in [-0.15, -0.1) is 0 Å². The first-order chi connectivity index (χ1) is 16.0. The van der Waals surface area contributed by atoms with E-state index in [0.717, 1.165) is 38.5 Å². The molecule has 2 amide bonds. The van der Waals surface area contributed by atoms with Crippen molar-refractivity contribution < 1.29 is 23.8 Å². The highest BCUT2D eigenvalue weighted by molar-refractivity contribution is 5.95. The van der Waals surface area contributed by atoms with Gasteiger partial charge in [-0.25, -0.2) is 0 Å². The standard InChI is InChI=1S/C25H37N3O5/c1-31-21-11-16(12-22(32-2)24(21)33-3)25(30)27-18-13-19-9-6-10-20(14-18)28(19)15-23(29)26-17-7-4-5-8-17/h11-12,17-20H,4-10,13-15H2,1-3H3,(H,26,29)(H,27,30). The number of methoxy groups -OCH3 is 3. The number of nitrogens with zero attached hydrogens (tertiary/aromatic N) is 1. The first-order valence-corrected chi connectivity index (χ1v) is 12.2. The van der Waals surface area contributed by atoms with E-state index in [1.54, 1.807) is 33.5 Å². The number of amides is 2. The van der Waals surface area contributed by atoms with E-state index in [-0.39, 0.29) is 17.9 Å². The quantitative estimate of drug-likeness (QED) is 0.622. The van der Waals surface area contributed by atoms with E-state index >= 15 is 0 Å². The van der Waals surface area contributed by atoms with Gasteiger partial charge in [0.05, 0.1) is 27.9 Å². The Balaban J connectivity index is 1.38. The zero-order chi connectivity index (χ0) is 23.4. The van der Waals surface area contributed by atoms with Crippen LogP contribution in [0.4, 0.5) is 0 Å². The third-order valence-corrected chi connectivity index (χ3v) is 7.43. The van der Waals surface area contributed by atoms with Crippen LogP contribution in [0.3, 0.4) is 0 Å². The highest BCUT2D eigenvalue weighted by Gasteiger charge is 2.39. The van der Waals surface area contributed by atoms with E-state index in [1.807, 2.05) is 0 Å². The minimum Gasteiger partial charge on any atom is -0.493 e. The number of ether oxygens (including phenoxy) is 3. The lowest BCUT2D eigenvalue weighted by molar-refractivity contribution is -0.125. The fraction of sp³-hybridized carbons (Fsp3) is 0.680. The second-order valence-corrected chi connectivity index (χ2v) is 9.52. The number of hydrogen-bond acceptors (Lipinski definition) is 6. The van der Waals surface area contributed by atoms with Crippen LogP contribution in [-0.2, 0) is 4.79 Å². The average Bonchev–Trinajstić information content (AvgIpc) is 3.31. The minimum absolute atomic E-state index is 0.0843. The molecule has 3 fully saturated rings. The Kier molecular flexibility index (Phi) is 7.63. The molecule has 182 valence electrons. The lowest BCUT2D eigenvalue weighted by atomic mass is 9.81. The second kappa shape index (κ2) is 10.6. The van der Waals surface area contributed by atoms with Gasteiger partial charge in [-0.1, -0.05) is 19.3 Å². The first kappa shape index (κ1) is 23.7.